The van der Waals surface area contributed by atoms with Gasteiger partial charge >= 0.3 is 23.9 Å². The van der Waals surface area contributed by atoms with Crippen LogP contribution >= 0.6 is 11.6 Å². The molecule has 0 N–H and O–H groups in total. The Hall–Kier alpha value is -3.11. The van der Waals surface area contributed by atoms with Gasteiger partial charge < -0.3 is 28.4 Å². The van der Waals surface area contributed by atoms with Crippen molar-refractivity contribution in [1.82, 2.24) is 0 Å². The fourth-order valence-electron chi connectivity index (χ4n) is 3.17. The molecular weight excluding hydrogens is 472 g/mol. The highest BCUT2D eigenvalue weighted by atomic mass is 35.5. The highest BCUT2D eigenvalue weighted by Gasteiger charge is 2.45. The van der Waals surface area contributed by atoms with Gasteiger partial charge in [-0.05, 0) is 30.7 Å². The summed E-state index contributed by atoms with van der Waals surface area (Å²) in [4.78, 5) is 47.2. The first kappa shape index (κ1) is 27.1. The van der Waals surface area contributed by atoms with Crippen molar-refractivity contribution in [1.29, 1.82) is 0 Å². The highest BCUT2D eigenvalue weighted by Crippen LogP contribution is 2.29. The SMILES string of the molecule is CCOC(=O)/C(=C/c1ccc(Cl)cc1)OC1CC(OC(C)=O)[C@@H](OC(C)=O)C(COC(C)=O)O1. The summed E-state index contributed by atoms with van der Waals surface area (Å²) < 4.78 is 32.4. The molecule has 0 radical (unpaired) electrons. The minimum Gasteiger partial charge on any atom is -0.463 e. The first-order valence-corrected chi connectivity index (χ1v) is 10.9. The zero-order chi connectivity index (χ0) is 25.3. The van der Waals surface area contributed by atoms with Gasteiger partial charge in [0.25, 0.3) is 0 Å². The van der Waals surface area contributed by atoms with E-state index in [0.29, 0.717) is 10.6 Å². The predicted molar refractivity (Wildman–Crippen MR) is 118 cm³/mol. The molecule has 10 nitrogen and oxygen atoms in total. The molecule has 0 spiro atoms. The average molecular weight is 499 g/mol. The predicted octanol–water partition coefficient (Wildman–Crippen LogP) is 2.80. The highest BCUT2D eigenvalue weighted by molar-refractivity contribution is 6.30. The van der Waals surface area contributed by atoms with E-state index in [-0.39, 0.29) is 25.4 Å². The van der Waals surface area contributed by atoms with E-state index in [1.54, 1.807) is 31.2 Å². The Kier molecular flexibility index (Phi) is 10.3. The van der Waals surface area contributed by atoms with Crippen LogP contribution in [0.5, 0.6) is 0 Å². The first-order valence-electron chi connectivity index (χ1n) is 10.5. The van der Waals surface area contributed by atoms with Gasteiger partial charge in [-0.3, -0.25) is 14.4 Å². The Morgan fingerprint density at radius 3 is 2.18 bits per heavy atom. The summed E-state index contributed by atoms with van der Waals surface area (Å²) in [7, 11) is 0. The number of hydrogen-bond acceptors (Lipinski definition) is 10. The van der Waals surface area contributed by atoms with Crippen molar-refractivity contribution >= 4 is 41.6 Å². The van der Waals surface area contributed by atoms with Crippen LogP contribution in [0, 0.1) is 0 Å². The third kappa shape index (κ3) is 8.68. The molecule has 11 heteroatoms. The molecule has 34 heavy (non-hydrogen) atoms. The van der Waals surface area contributed by atoms with Crippen molar-refractivity contribution in [3.63, 3.8) is 0 Å². The molecule has 0 aromatic heterocycles. The maximum atomic E-state index is 12.5. The molecule has 1 heterocycles. The number of ether oxygens (including phenoxy) is 6. The van der Waals surface area contributed by atoms with Gasteiger partial charge in [-0.15, -0.1) is 0 Å². The van der Waals surface area contributed by atoms with E-state index in [9.17, 15) is 19.2 Å². The van der Waals surface area contributed by atoms with Gasteiger partial charge in [0.1, 0.15) is 18.8 Å². The first-order chi connectivity index (χ1) is 16.1. The van der Waals surface area contributed by atoms with Crippen LogP contribution in [0.3, 0.4) is 0 Å². The van der Waals surface area contributed by atoms with E-state index in [0.717, 1.165) is 0 Å². The number of rotatable bonds is 9. The average Bonchev–Trinajstić information content (AvgIpc) is 2.74. The maximum Gasteiger partial charge on any atom is 0.373 e. The van der Waals surface area contributed by atoms with Crippen molar-refractivity contribution in [2.45, 2.75) is 58.7 Å². The molecule has 1 aromatic carbocycles. The summed E-state index contributed by atoms with van der Waals surface area (Å²) in [5, 5.41) is 0.514. The Balaban J connectivity index is 2.33. The standard InChI is InChI=1S/C23H27ClO10/c1-5-29-23(28)19(10-16-6-8-17(24)9-7-16)33-21-11-18(31-14(3)26)22(32-15(4)27)20(34-21)12-30-13(2)25/h6-10,18,20-22H,5,11-12H2,1-4H3/b19-10-/t18?,20?,21?,22-/m1/s1. The van der Waals surface area contributed by atoms with Crippen LogP contribution in [-0.4, -0.2) is 61.7 Å². The molecule has 1 fully saturated rings. The minimum absolute atomic E-state index is 0.0779. The maximum absolute atomic E-state index is 12.5. The molecule has 4 atom stereocenters. The Morgan fingerprint density at radius 1 is 0.971 bits per heavy atom. The third-order valence-corrected chi connectivity index (χ3v) is 4.71. The molecule has 0 aliphatic carbocycles. The molecule has 2 rings (SSSR count). The van der Waals surface area contributed by atoms with Crippen LogP contribution in [0.2, 0.25) is 5.02 Å². The van der Waals surface area contributed by atoms with Gasteiger partial charge in [0.05, 0.1) is 13.0 Å². The Bertz CT molecular complexity index is 911. The van der Waals surface area contributed by atoms with Crippen molar-refractivity contribution in [3.8, 4) is 0 Å². The van der Waals surface area contributed by atoms with E-state index in [1.165, 1.54) is 26.8 Å². The second-order valence-corrected chi connectivity index (χ2v) is 7.70. The molecule has 1 aliphatic rings. The van der Waals surface area contributed by atoms with E-state index >= 15 is 0 Å². The monoisotopic (exact) mass is 498 g/mol. The Labute approximate surface area is 202 Å². The molecule has 3 unspecified atom stereocenters. The number of carbonyl (C=O) groups excluding carboxylic acids is 4. The topological polar surface area (TPSA) is 124 Å². The fraction of sp³-hybridized carbons (Fsp3) is 0.478. The van der Waals surface area contributed by atoms with Crippen molar-refractivity contribution in [2.24, 2.45) is 0 Å². The van der Waals surface area contributed by atoms with Gasteiger partial charge in [0.2, 0.25) is 12.0 Å². The summed E-state index contributed by atoms with van der Waals surface area (Å²) in [6.07, 6.45) is -2.84. The van der Waals surface area contributed by atoms with E-state index in [1.807, 2.05) is 0 Å². The third-order valence-electron chi connectivity index (χ3n) is 4.46. The second-order valence-electron chi connectivity index (χ2n) is 7.26. The molecule has 186 valence electrons. The number of esters is 4. The zero-order valence-corrected chi connectivity index (χ0v) is 20.0. The van der Waals surface area contributed by atoms with Gasteiger partial charge in [-0.1, -0.05) is 23.7 Å². The normalized spacial score (nSPS) is 22.3. The lowest BCUT2D eigenvalue weighted by atomic mass is 10.0. The van der Waals surface area contributed by atoms with Gasteiger partial charge in [-0.25, -0.2) is 4.79 Å². The van der Waals surface area contributed by atoms with Crippen molar-refractivity contribution < 1.29 is 47.6 Å². The molecular formula is C23H27ClO10. The Morgan fingerprint density at radius 2 is 1.62 bits per heavy atom. The quantitative estimate of drug-likeness (QED) is 0.217. The van der Waals surface area contributed by atoms with Crippen LogP contribution in [0.15, 0.2) is 30.0 Å². The van der Waals surface area contributed by atoms with Crippen LogP contribution in [0.4, 0.5) is 0 Å². The van der Waals surface area contributed by atoms with Crippen LogP contribution < -0.4 is 0 Å². The van der Waals surface area contributed by atoms with Crippen molar-refractivity contribution in [2.75, 3.05) is 13.2 Å². The second kappa shape index (κ2) is 13.0. The molecule has 0 saturated carbocycles. The smallest absolute Gasteiger partial charge is 0.373 e. The number of carbonyl (C=O) groups is 4. The van der Waals surface area contributed by atoms with Gasteiger partial charge in [0.15, 0.2) is 6.10 Å². The van der Waals surface area contributed by atoms with Crippen LogP contribution in [0.25, 0.3) is 6.08 Å². The summed E-state index contributed by atoms with van der Waals surface area (Å²) >= 11 is 5.91. The zero-order valence-electron chi connectivity index (χ0n) is 19.3. The molecule has 0 amide bonds. The summed E-state index contributed by atoms with van der Waals surface area (Å²) in [6, 6.07) is 6.63. The lowest BCUT2D eigenvalue weighted by Crippen LogP contribution is -2.54. The van der Waals surface area contributed by atoms with E-state index < -0.39 is 48.5 Å². The van der Waals surface area contributed by atoms with E-state index in [4.69, 9.17) is 40.0 Å². The summed E-state index contributed by atoms with van der Waals surface area (Å²) in [6.45, 7) is 5.02. The number of hydrogen-bond donors (Lipinski definition) is 0. The largest absolute Gasteiger partial charge is 0.463 e. The van der Waals surface area contributed by atoms with Crippen LogP contribution in [0.1, 0.15) is 39.7 Å². The minimum atomic E-state index is -1.13. The van der Waals surface area contributed by atoms with Gasteiger partial charge in [0, 0.05) is 25.8 Å². The molecule has 1 aliphatic heterocycles. The van der Waals surface area contributed by atoms with Crippen molar-refractivity contribution in [3.05, 3.63) is 40.6 Å². The number of halogens is 1. The lowest BCUT2D eigenvalue weighted by molar-refractivity contribution is -0.257. The van der Waals surface area contributed by atoms with E-state index in [2.05, 4.69) is 0 Å². The van der Waals surface area contributed by atoms with Crippen LogP contribution in [-0.2, 0) is 47.6 Å². The summed E-state index contributed by atoms with van der Waals surface area (Å²) in [5.41, 5.74) is 0.606. The molecule has 1 saturated heterocycles. The van der Waals surface area contributed by atoms with Gasteiger partial charge in [-0.2, -0.15) is 0 Å². The lowest BCUT2D eigenvalue weighted by Gasteiger charge is -2.39. The fourth-order valence-corrected chi connectivity index (χ4v) is 3.29. The molecule has 1 aromatic rings. The molecule has 0 bridgehead atoms. The summed E-state index contributed by atoms with van der Waals surface area (Å²) in [5.74, 6) is -2.78. The number of benzene rings is 1.